The first-order chi connectivity index (χ1) is 13.3. The lowest BCUT2D eigenvalue weighted by Gasteiger charge is -2.35. The van der Waals surface area contributed by atoms with Crippen molar-refractivity contribution in [2.45, 2.75) is 51.7 Å². The Labute approximate surface area is 162 Å². The van der Waals surface area contributed by atoms with Crippen LogP contribution in [0.2, 0.25) is 0 Å². The highest BCUT2D eigenvalue weighted by molar-refractivity contribution is 6.03. The normalized spacial score (nSPS) is 17.5. The van der Waals surface area contributed by atoms with Crippen LogP contribution >= 0.6 is 0 Å². The monoisotopic (exact) mass is 392 g/mol. The third kappa shape index (κ3) is 4.61. The molecular formula is C20H23F3N4O. The molecule has 1 aromatic carbocycles. The molecule has 0 radical (unpaired) electrons. The highest BCUT2D eigenvalue weighted by Gasteiger charge is 2.30. The van der Waals surface area contributed by atoms with E-state index >= 15 is 0 Å². The number of aryl methyl sites for hydroxylation is 1. The fourth-order valence-corrected chi connectivity index (χ4v) is 3.45. The highest BCUT2D eigenvalue weighted by Crippen LogP contribution is 2.31. The number of alkyl halides is 3. The van der Waals surface area contributed by atoms with Crippen molar-refractivity contribution < 1.29 is 18.0 Å². The van der Waals surface area contributed by atoms with E-state index in [4.69, 9.17) is 0 Å². The number of hydrogen-bond donors (Lipinski definition) is 1. The highest BCUT2D eigenvalue weighted by atomic mass is 19.4. The quantitative estimate of drug-likeness (QED) is 0.810. The van der Waals surface area contributed by atoms with Gasteiger partial charge in [-0.1, -0.05) is 13.0 Å². The first-order valence-corrected chi connectivity index (χ1v) is 9.39. The zero-order valence-electron chi connectivity index (χ0n) is 15.9. The van der Waals surface area contributed by atoms with E-state index in [9.17, 15) is 18.0 Å². The molecule has 1 unspecified atom stereocenters. The molecule has 0 spiro atoms. The average Bonchev–Trinajstić information content (AvgIpc) is 2.67. The standard InChI is InChI=1S/C20H23F3N4O/c1-3-16-9-4-5-10-27(16)19-24-13(2)11-17(26-19)18(28)25-15-8-6-7-14(12-15)20(21,22)23/h6-8,11-12,16H,3-5,9-10H2,1-2H3,(H,25,28). The number of rotatable bonds is 4. The second kappa shape index (κ2) is 8.16. The molecule has 0 aliphatic carbocycles. The number of carbonyl (C=O) groups is 1. The Balaban J connectivity index is 1.84. The molecule has 5 nitrogen and oxygen atoms in total. The summed E-state index contributed by atoms with van der Waals surface area (Å²) in [4.78, 5) is 23.6. The van der Waals surface area contributed by atoms with Crippen LogP contribution in [0.15, 0.2) is 30.3 Å². The lowest BCUT2D eigenvalue weighted by atomic mass is 10.0. The molecule has 2 heterocycles. The predicted molar refractivity (Wildman–Crippen MR) is 101 cm³/mol. The van der Waals surface area contributed by atoms with Crippen LogP contribution in [-0.2, 0) is 6.18 Å². The average molecular weight is 392 g/mol. The molecule has 1 aliphatic rings. The molecule has 1 saturated heterocycles. The van der Waals surface area contributed by atoms with Gasteiger partial charge in [0.2, 0.25) is 5.95 Å². The van der Waals surface area contributed by atoms with Gasteiger partial charge >= 0.3 is 6.18 Å². The molecule has 28 heavy (non-hydrogen) atoms. The summed E-state index contributed by atoms with van der Waals surface area (Å²) >= 11 is 0. The van der Waals surface area contributed by atoms with Crippen LogP contribution in [-0.4, -0.2) is 28.5 Å². The summed E-state index contributed by atoms with van der Waals surface area (Å²) in [5, 5.41) is 2.51. The SMILES string of the molecule is CCC1CCCCN1c1nc(C)cc(C(=O)Nc2cccc(C(F)(F)F)c2)n1. The van der Waals surface area contributed by atoms with E-state index in [1.165, 1.54) is 18.2 Å². The van der Waals surface area contributed by atoms with E-state index < -0.39 is 17.6 Å². The number of nitrogens with zero attached hydrogens (tertiary/aromatic N) is 3. The fourth-order valence-electron chi connectivity index (χ4n) is 3.45. The second-order valence-corrected chi connectivity index (χ2v) is 6.98. The molecule has 2 aromatic rings. The molecule has 1 atom stereocenters. The first-order valence-electron chi connectivity index (χ1n) is 9.39. The van der Waals surface area contributed by atoms with Gasteiger partial charge in [-0.15, -0.1) is 0 Å². The van der Waals surface area contributed by atoms with Crippen molar-refractivity contribution in [1.82, 2.24) is 9.97 Å². The van der Waals surface area contributed by atoms with Gasteiger partial charge in [-0.2, -0.15) is 13.2 Å². The Morgan fingerprint density at radius 1 is 1.25 bits per heavy atom. The van der Waals surface area contributed by atoms with E-state index in [-0.39, 0.29) is 11.4 Å². The molecule has 1 aliphatic heterocycles. The van der Waals surface area contributed by atoms with Gasteiger partial charge in [-0.25, -0.2) is 9.97 Å². The zero-order valence-corrected chi connectivity index (χ0v) is 15.9. The summed E-state index contributed by atoms with van der Waals surface area (Å²) in [5.41, 5.74) is 0.0333. The van der Waals surface area contributed by atoms with Gasteiger partial charge in [0.05, 0.1) is 5.56 Å². The van der Waals surface area contributed by atoms with Gasteiger partial charge in [0, 0.05) is 24.0 Å². The van der Waals surface area contributed by atoms with Gasteiger partial charge < -0.3 is 10.2 Å². The molecule has 1 aromatic heterocycles. The van der Waals surface area contributed by atoms with Crippen LogP contribution in [0, 0.1) is 6.92 Å². The van der Waals surface area contributed by atoms with Gasteiger partial charge in [-0.05, 0) is 56.9 Å². The number of carbonyl (C=O) groups excluding carboxylic acids is 1. The minimum Gasteiger partial charge on any atom is -0.338 e. The van der Waals surface area contributed by atoms with Gasteiger partial charge in [-0.3, -0.25) is 4.79 Å². The summed E-state index contributed by atoms with van der Waals surface area (Å²) in [5.74, 6) is -0.0584. The molecule has 0 saturated carbocycles. The van der Waals surface area contributed by atoms with E-state index in [1.807, 2.05) is 0 Å². The maximum atomic E-state index is 12.9. The van der Waals surface area contributed by atoms with Crippen LogP contribution in [0.5, 0.6) is 0 Å². The lowest BCUT2D eigenvalue weighted by molar-refractivity contribution is -0.137. The number of nitrogens with one attached hydrogen (secondary N) is 1. The molecule has 0 bridgehead atoms. The Hall–Kier alpha value is -2.64. The van der Waals surface area contributed by atoms with E-state index in [0.717, 1.165) is 44.4 Å². The molecule has 1 amide bonds. The third-order valence-electron chi connectivity index (χ3n) is 4.88. The molecule has 1 fully saturated rings. The van der Waals surface area contributed by atoms with Crippen molar-refractivity contribution in [1.29, 1.82) is 0 Å². The van der Waals surface area contributed by atoms with Crippen LogP contribution in [0.1, 0.15) is 54.4 Å². The van der Waals surface area contributed by atoms with Crippen molar-refractivity contribution in [3.63, 3.8) is 0 Å². The number of halogens is 3. The van der Waals surface area contributed by atoms with E-state index in [2.05, 4.69) is 27.1 Å². The smallest absolute Gasteiger partial charge is 0.338 e. The number of aromatic nitrogens is 2. The molecule has 1 N–H and O–H groups in total. The van der Waals surface area contributed by atoms with Crippen LogP contribution in [0.25, 0.3) is 0 Å². The maximum Gasteiger partial charge on any atom is 0.416 e. The summed E-state index contributed by atoms with van der Waals surface area (Å²) in [6, 6.07) is 6.41. The lowest BCUT2D eigenvalue weighted by Crippen LogP contribution is -2.40. The number of benzene rings is 1. The zero-order chi connectivity index (χ0) is 20.3. The topological polar surface area (TPSA) is 58.1 Å². The molecule has 8 heteroatoms. The number of amides is 1. The van der Waals surface area contributed by atoms with Crippen molar-refractivity contribution in [2.75, 3.05) is 16.8 Å². The van der Waals surface area contributed by atoms with Crippen LogP contribution in [0.3, 0.4) is 0 Å². The third-order valence-corrected chi connectivity index (χ3v) is 4.88. The molecular weight excluding hydrogens is 369 g/mol. The van der Waals surface area contributed by atoms with Crippen molar-refractivity contribution in [3.8, 4) is 0 Å². The number of piperidine rings is 1. The van der Waals surface area contributed by atoms with Crippen LogP contribution < -0.4 is 10.2 Å². The van der Waals surface area contributed by atoms with Gasteiger partial charge in [0.1, 0.15) is 5.69 Å². The first kappa shape index (κ1) is 20.1. The minimum atomic E-state index is -4.47. The van der Waals surface area contributed by atoms with Crippen molar-refractivity contribution in [3.05, 3.63) is 47.3 Å². The summed E-state index contributed by atoms with van der Waals surface area (Å²) in [6.45, 7) is 4.72. The summed E-state index contributed by atoms with van der Waals surface area (Å²) in [6.07, 6.45) is -0.255. The Kier molecular flexibility index (Phi) is 5.86. The predicted octanol–water partition coefficient (Wildman–Crippen LogP) is 4.83. The van der Waals surface area contributed by atoms with Crippen molar-refractivity contribution in [2.24, 2.45) is 0 Å². The Bertz CT molecular complexity index is 854. The maximum absolute atomic E-state index is 12.9. The number of anilines is 2. The van der Waals surface area contributed by atoms with E-state index in [0.29, 0.717) is 17.7 Å². The van der Waals surface area contributed by atoms with Gasteiger partial charge in [0.25, 0.3) is 5.91 Å². The Morgan fingerprint density at radius 2 is 2.04 bits per heavy atom. The largest absolute Gasteiger partial charge is 0.416 e. The van der Waals surface area contributed by atoms with Gasteiger partial charge in [0.15, 0.2) is 0 Å². The van der Waals surface area contributed by atoms with E-state index in [1.54, 1.807) is 6.92 Å². The number of hydrogen-bond acceptors (Lipinski definition) is 4. The van der Waals surface area contributed by atoms with Crippen molar-refractivity contribution >= 4 is 17.5 Å². The Morgan fingerprint density at radius 3 is 2.75 bits per heavy atom. The molecule has 3 rings (SSSR count). The summed E-state index contributed by atoms with van der Waals surface area (Å²) in [7, 11) is 0. The second-order valence-electron chi connectivity index (χ2n) is 6.98. The summed E-state index contributed by atoms with van der Waals surface area (Å²) < 4.78 is 38.6. The fraction of sp³-hybridized carbons (Fsp3) is 0.450. The van der Waals surface area contributed by atoms with Crippen LogP contribution in [0.4, 0.5) is 24.8 Å². The minimum absolute atomic E-state index is 0.0713. The molecule has 150 valence electrons.